The SMILES string of the molecule is COc1c(C(=O)N(C)C)cc(Cl)cc1S(=O)(=O)N1CCCCC1CN. The molecule has 1 aromatic carbocycles. The molecule has 1 amide bonds. The topological polar surface area (TPSA) is 92.9 Å². The van der Waals surface area contributed by atoms with Crippen molar-refractivity contribution in [3.05, 3.63) is 22.7 Å². The predicted octanol–water partition coefficient (Wildman–Crippen LogP) is 1.55. The molecule has 1 fully saturated rings. The van der Waals surface area contributed by atoms with Gasteiger partial charge in [-0.05, 0) is 25.0 Å². The molecular weight excluding hydrogens is 366 g/mol. The van der Waals surface area contributed by atoms with E-state index in [1.165, 1.54) is 28.4 Å². The van der Waals surface area contributed by atoms with Crippen molar-refractivity contribution in [1.29, 1.82) is 0 Å². The van der Waals surface area contributed by atoms with Gasteiger partial charge in [-0.3, -0.25) is 4.79 Å². The maximum atomic E-state index is 13.2. The Labute approximate surface area is 153 Å². The second-order valence-corrected chi connectivity index (χ2v) is 8.48. The van der Waals surface area contributed by atoms with Crippen LogP contribution >= 0.6 is 11.6 Å². The lowest BCUT2D eigenvalue weighted by molar-refractivity contribution is 0.0823. The summed E-state index contributed by atoms with van der Waals surface area (Å²) < 4.78 is 33.2. The minimum Gasteiger partial charge on any atom is -0.494 e. The molecule has 1 unspecified atom stereocenters. The summed E-state index contributed by atoms with van der Waals surface area (Å²) >= 11 is 6.11. The molecule has 1 heterocycles. The third kappa shape index (κ3) is 3.92. The molecule has 140 valence electrons. The smallest absolute Gasteiger partial charge is 0.257 e. The molecule has 1 atom stereocenters. The highest BCUT2D eigenvalue weighted by atomic mass is 35.5. The second kappa shape index (κ2) is 7.90. The first-order valence-electron chi connectivity index (χ1n) is 8.05. The van der Waals surface area contributed by atoms with Crippen LogP contribution in [0.4, 0.5) is 0 Å². The van der Waals surface area contributed by atoms with E-state index in [1.54, 1.807) is 14.1 Å². The van der Waals surface area contributed by atoms with Crippen molar-refractivity contribution in [2.24, 2.45) is 5.73 Å². The van der Waals surface area contributed by atoms with Crippen LogP contribution in [0, 0.1) is 0 Å². The summed E-state index contributed by atoms with van der Waals surface area (Å²) in [6, 6.07) is 2.47. The molecule has 0 aliphatic carbocycles. The summed E-state index contributed by atoms with van der Waals surface area (Å²) in [6.07, 6.45) is 2.41. The van der Waals surface area contributed by atoms with Gasteiger partial charge in [0.25, 0.3) is 5.91 Å². The molecule has 0 radical (unpaired) electrons. The quantitative estimate of drug-likeness (QED) is 0.824. The molecule has 1 saturated heterocycles. The van der Waals surface area contributed by atoms with Crippen molar-refractivity contribution in [3.8, 4) is 5.75 Å². The van der Waals surface area contributed by atoms with E-state index in [9.17, 15) is 13.2 Å². The molecule has 2 N–H and O–H groups in total. The van der Waals surface area contributed by atoms with Crippen molar-refractivity contribution in [3.63, 3.8) is 0 Å². The van der Waals surface area contributed by atoms with E-state index in [0.717, 1.165) is 12.8 Å². The lowest BCUT2D eigenvalue weighted by Crippen LogP contribution is -2.47. The van der Waals surface area contributed by atoms with Crippen molar-refractivity contribution in [2.75, 3.05) is 34.3 Å². The van der Waals surface area contributed by atoms with Gasteiger partial charge in [0.1, 0.15) is 4.90 Å². The Hall–Kier alpha value is -1.35. The number of nitrogens with two attached hydrogens (primary N) is 1. The van der Waals surface area contributed by atoms with E-state index in [0.29, 0.717) is 13.0 Å². The standard InChI is InChI=1S/C16H24ClN3O4S/c1-19(2)16(21)13-8-11(17)9-14(15(13)24-3)25(22,23)20-7-5-4-6-12(20)10-18/h8-9,12H,4-7,10,18H2,1-3H3. The third-order valence-corrected chi connectivity index (χ3v) is 6.47. The fourth-order valence-electron chi connectivity index (χ4n) is 3.02. The van der Waals surface area contributed by atoms with Gasteiger partial charge in [-0.2, -0.15) is 4.31 Å². The second-order valence-electron chi connectivity index (χ2n) is 6.19. The van der Waals surface area contributed by atoms with Gasteiger partial charge in [0.15, 0.2) is 5.75 Å². The first-order chi connectivity index (χ1) is 11.7. The van der Waals surface area contributed by atoms with Gasteiger partial charge in [0, 0.05) is 38.2 Å². The summed E-state index contributed by atoms with van der Waals surface area (Å²) in [7, 11) is 0.592. The van der Waals surface area contributed by atoms with Gasteiger partial charge >= 0.3 is 0 Å². The van der Waals surface area contributed by atoms with Crippen LogP contribution in [0.25, 0.3) is 0 Å². The van der Waals surface area contributed by atoms with Crippen molar-refractivity contribution >= 4 is 27.5 Å². The van der Waals surface area contributed by atoms with Crippen LogP contribution in [0.2, 0.25) is 5.02 Å². The molecule has 2 rings (SSSR count). The summed E-state index contributed by atoms with van der Waals surface area (Å²) in [5, 5.41) is 0.158. The number of benzene rings is 1. The number of nitrogens with zero attached hydrogens (tertiary/aromatic N) is 2. The number of hydrogen-bond acceptors (Lipinski definition) is 5. The highest BCUT2D eigenvalue weighted by Gasteiger charge is 2.36. The number of methoxy groups -OCH3 is 1. The third-order valence-electron chi connectivity index (χ3n) is 4.29. The van der Waals surface area contributed by atoms with Gasteiger partial charge in [0.05, 0.1) is 12.7 Å². The van der Waals surface area contributed by atoms with Gasteiger partial charge in [0.2, 0.25) is 10.0 Å². The Kier molecular flexibility index (Phi) is 6.31. The number of hydrogen-bond donors (Lipinski definition) is 1. The molecule has 0 saturated carbocycles. The van der Waals surface area contributed by atoms with Gasteiger partial charge in [-0.15, -0.1) is 0 Å². The lowest BCUT2D eigenvalue weighted by atomic mass is 10.1. The predicted molar refractivity (Wildman–Crippen MR) is 96.6 cm³/mol. The molecule has 1 aromatic rings. The summed E-state index contributed by atoms with van der Waals surface area (Å²) in [6.45, 7) is 0.627. The Morgan fingerprint density at radius 3 is 2.64 bits per heavy atom. The summed E-state index contributed by atoms with van der Waals surface area (Å²) in [5.41, 5.74) is 5.87. The fourth-order valence-corrected chi connectivity index (χ4v) is 5.22. The number of sulfonamides is 1. The van der Waals surface area contributed by atoms with Gasteiger partial charge in [-0.25, -0.2) is 8.42 Å². The van der Waals surface area contributed by atoms with E-state index in [1.807, 2.05) is 0 Å². The Balaban J connectivity index is 2.62. The number of carbonyl (C=O) groups is 1. The number of amides is 1. The van der Waals surface area contributed by atoms with Crippen LogP contribution in [0.5, 0.6) is 5.75 Å². The van der Waals surface area contributed by atoms with E-state index >= 15 is 0 Å². The van der Waals surface area contributed by atoms with Crippen LogP contribution in [-0.4, -0.2) is 63.9 Å². The Morgan fingerprint density at radius 2 is 2.08 bits per heavy atom. The largest absolute Gasteiger partial charge is 0.494 e. The average molecular weight is 390 g/mol. The Morgan fingerprint density at radius 1 is 1.40 bits per heavy atom. The molecule has 1 aliphatic heterocycles. The minimum absolute atomic E-state index is 0.00412. The van der Waals surface area contributed by atoms with Gasteiger partial charge in [-0.1, -0.05) is 18.0 Å². The van der Waals surface area contributed by atoms with Crippen LogP contribution in [0.3, 0.4) is 0 Å². The van der Waals surface area contributed by atoms with E-state index < -0.39 is 10.0 Å². The number of ether oxygens (including phenoxy) is 1. The van der Waals surface area contributed by atoms with Crippen LogP contribution in [0.15, 0.2) is 17.0 Å². The molecule has 0 spiro atoms. The monoisotopic (exact) mass is 389 g/mol. The van der Waals surface area contributed by atoms with Crippen molar-refractivity contribution < 1.29 is 17.9 Å². The zero-order chi connectivity index (χ0) is 18.8. The maximum Gasteiger partial charge on any atom is 0.257 e. The molecule has 9 heteroatoms. The zero-order valence-corrected chi connectivity index (χ0v) is 16.2. The average Bonchev–Trinajstić information content (AvgIpc) is 2.60. The Bertz CT molecular complexity index is 752. The van der Waals surface area contributed by atoms with Gasteiger partial charge < -0.3 is 15.4 Å². The number of halogens is 1. The van der Waals surface area contributed by atoms with E-state index in [4.69, 9.17) is 22.1 Å². The van der Waals surface area contributed by atoms with Crippen LogP contribution in [-0.2, 0) is 10.0 Å². The molecule has 1 aliphatic rings. The summed E-state index contributed by atoms with van der Waals surface area (Å²) in [4.78, 5) is 13.6. The number of piperidine rings is 1. The minimum atomic E-state index is -3.90. The van der Waals surface area contributed by atoms with Crippen molar-refractivity contribution in [1.82, 2.24) is 9.21 Å². The molecule has 0 aromatic heterocycles. The molecular formula is C16H24ClN3O4S. The number of rotatable bonds is 5. The lowest BCUT2D eigenvalue weighted by Gasteiger charge is -2.34. The fraction of sp³-hybridized carbons (Fsp3) is 0.562. The first-order valence-corrected chi connectivity index (χ1v) is 9.87. The van der Waals surface area contributed by atoms with E-state index in [2.05, 4.69) is 0 Å². The normalized spacial score (nSPS) is 18.8. The van der Waals surface area contributed by atoms with E-state index in [-0.39, 0.29) is 39.7 Å². The van der Waals surface area contributed by atoms with Crippen LogP contribution in [0.1, 0.15) is 29.6 Å². The maximum absolute atomic E-state index is 13.2. The molecule has 0 bridgehead atoms. The van der Waals surface area contributed by atoms with Crippen molar-refractivity contribution in [2.45, 2.75) is 30.2 Å². The first kappa shape index (κ1) is 20.0. The molecule has 7 nitrogen and oxygen atoms in total. The highest BCUT2D eigenvalue weighted by Crippen LogP contribution is 2.36. The molecule has 25 heavy (non-hydrogen) atoms. The summed E-state index contributed by atoms with van der Waals surface area (Å²) in [5.74, 6) is -0.380. The zero-order valence-electron chi connectivity index (χ0n) is 14.7. The highest BCUT2D eigenvalue weighted by molar-refractivity contribution is 7.89. The van der Waals surface area contributed by atoms with Crippen LogP contribution < -0.4 is 10.5 Å². The number of carbonyl (C=O) groups excluding carboxylic acids is 1.